The average Bonchev–Trinajstić information content (AvgIpc) is 3.59. The Bertz CT molecular complexity index is 4450. The molecular weight excluding hydrogens is 1010 g/mol. The number of furan rings is 1. The summed E-state index contributed by atoms with van der Waals surface area (Å²) in [5, 5.41) is 6.31. The molecule has 3 aromatic heterocycles. The molecule has 0 saturated carbocycles. The summed E-state index contributed by atoms with van der Waals surface area (Å²) in [6.07, 6.45) is 4.69. The van der Waals surface area contributed by atoms with Crippen molar-refractivity contribution in [1.82, 2.24) is 0 Å². The molecule has 400 valence electrons. The summed E-state index contributed by atoms with van der Waals surface area (Å²) >= 11 is 3.99. The van der Waals surface area contributed by atoms with E-state index in [1.54, 1.807) is 0 Å². The van der Waals surface area contributed by atoms with Crippen molar-refractivity contribution < 1.29 is 4.42 Å². The van der Waals surface area contributed by atoms with E-state index in [-0.39, 0.29) is 39.3 Å². The van der Waals surface area contributed by atoms with Gasteiger partial charge in [-0.3, -0.25) is 0 Å². The minimum absolute atomic E-state index is 0.000189. The van der Waals surface area contributed by atoms with E-state index in [9.17, 15) is 0 Å². The van der Waals surface area contributed by atoms with Crippen molar-refractivity contribution in [2.45, 2.75) is 155 Å². The highest BCUT2D eigenvalue weighted by atomic mass is 32.1. The standard InChI is InChI=1S/C74H73BN2OS2/c1-69(2,3)43-24-27-45(28-25-43)77-58-41-63-48(49-36-53-55(39-61(49)79-63)73(11,12)32-30-71(53,7)8)35-51(58)64-65-59(38-50-46-22-18-19-23-60(46)78-67(50)64)76(57-29-26-44(70(4,5)6)34-47(57)42-20-16-15-17-21-42)66-52-37-54-56(40-62(52)80-68(66)75(65)77)74(13,14)33-31-72(54,9)10/h15-29,34-41H,30-33H2,1-14H3. The van der Waals surface area contributed by atoms with Crippen molar-refractivity contribution in [2.75, 3.05) is 9.71 Å². The summed E-state index contributed by atoms with van der Waals surface area (Å²) in [4.78, 5) is 5.48. The van der Waals surface area contributed by atoms with E-state index < -0.39 is 0 Å². The maximum atomic E-state index is 7.40. The molecule has 0 amide bonds. The van der Waals surface area contributed by atoms with Gasteiger partial charge in [0.05, 0.1) is 11.4 Å². The molecule has 8 aromatic carbocycles. The number of nitrogens with zero attached hydrogens (tertiary/aromatic N) is 2. The Hall–Kier alpha value is -6.60. The molecule has 6 heteroatoms. The van der Waals surface area contributed by atoms with E-state index in [0.29, 0.717) is 0 Å². The van der Waals surface area contributed by atoms with Gasteiger partial charge in [-0.2, -0.15) is 0 Å². The number of rotatable bonds is 3. The van der Waals surface area contributed by atoms with Crippen LogP contribution >= 0.6 is 22.7 Å². The Balaban J connectivity index is 1.13. The van der Waals surface area contributed by atoms with Crippen LogP contribution in [0.4, 0.5) is 28.4 Å². The highest BCUT2D eigenvalue weighted by molar-refractivity contribution is 7.32. The minimum atomic E-state index is -0.179. The molecular formula is C74H73BN2OS2. The molecule has 15 rings (SSSR count). The van der Waals surface area contributed by atoms with Gasteiger partial charge in [-0.25, -0.2) is 0 Å². The van der Waals surface area contributed by atoms with Crippen molar-refractivity contribution in [1.29, 1.82) is 0 Å². The summed E-state index contributed by atoms with van der Waals surface area (Å²) in [5.74, 6) is 0. The molecule has 5 heterocycles. The Labute approximate surface area is 481 Å². The third-order valence-corrected chi connectivity index (χ3v) is 22.2. The lowest BCUT2D eigenvalue weighted by atomic mass is 9.46. The zero-order chi connectivity index (χ0) is 55.5. The molecule has 0 atom stereocenters. The number of hydrogen-bond donors (Lipinski definition) is 0. The van der Waals surface area contributed by atoms with Crippen LogP contribution in [0.5, 0.6) is 0 Å². The Morgan fingerprint density at radius 1 is 0.463 bits per heavy atom. The molecule has 0 unspecified atom stereocenters. The summed E-state index contributed by atoms with van der Waals surface area (Å²) in [5.41, 5.74) is 23.1. The zero-order valence-electron chi connectivity index (χ0n) is 49.3. The van der Waals surface area contributed by atoms with Gasteiger partial charge in [-0.1, -0.05) is 164 Å². The van der Waals surface area contributed by atoms with Gasteiger partial charge in [0.15, 0.2) is 0 Å². The van der Waals surface area contributed by atoms with Gasteiger partial charge >= 0.3 is 6.85 Å². The van der Waals surface area contributed by atoms with Crippen molar-refractivity contribution in [3.05, 3.63) is 173 Å². The van der Waals surface area contributed by atoms with Crippen LogP contribution in [0.25, 0.3) is 74.5 Å². The molecule has 2 aliphatic heterocycles. The van der Waals surface area contributed by atoms with E-state index >= 15 is 0 Å². The first kappa shape index (κ1) is 50.4. The number of benzene rings is 8. The zero-order valence-corrected chi connectivity index (χ0v) is 50.9. The second kappa shape index (κ2) is 16.5. The first-order chi connectivity index (χ1) is 37.9. The molecule has 80 heavy (non-hydrogen) atoms. The van der Waals surface area contributed by atoms with Crippen LogP contribution < -0.4 is 20.0 Å². The van der Waals surface area contributed by atoms with Crippen LogP contribution in [-0.2, 0) is 32.5 Å². The van der Waals surface area contributed by atoms with Gasteiger partial charge in [0.25, 0.3) is 0 Å². The van der Waals surface area contributed by atoms with E-state index in [4.69, 9.17) is 4.42 Å². The second-order valence-corrected chi connectivity index (χ2v) is 31.2. The van der Waals surface area contributed by atoms with Crippen LogP contribution in [0.3, 0.4) is 0 Å². The van der Waals surface area contributed by atoms with Crippen LogP contribution in [0.2, 0.25) is 0 Å². The Kier molecular flexibility index (Phi) is 10.4. The topological polar surface area (TPSA) is 19.6 Å². The molecule has 0 radical (unpaired) electrons. The first-order valence-electron chi connectivity index (χ1n) is 29.4. The van der Waals surface area contributed by atoms with E-state index in [1.165, 1.54) is 144 Å². The molecule has 0 N–H and O–H groups in total. The minimum Gasteiger partial charge on any atom is -0.455 e. The Morgan fingerprint density at radius 2 is 1.01 bits per heavy atom. The average molecular weight is 1080 g/mol. The lowest BCUT2D eigenvalue weighted by molar-refractivity contribution is 0.332. The first-order valence-corrected chi connectivity index (χ1v) is 31.1. The fraction of sp³-hybridized carbons (Fsp3) is 0.324. The van der Waals surface area contributed by atoms with Gasteiger partial charge in [0, 0.05) is 79.6 Å². The predicted octanol–water partition coefficient (Wildman–Crippen LogP) is 20.8. The largest absolute Gasteiger partial charge is 0.455 e. The van der Waals surface area contributed by atoms with Gasteiger partial charge in [-0.05, 0) is 175 Å². The molecule has 0 fully saturated rings. The van der Waals surface area contributed by atoms with Crippen molar-refractivity contribution in [3.8, 4) is 22.3 Å². The van der Waals surface area contributed by atoms with E-state index in [1.807, 2.05) is 22.7 Å². The Morgan fingerprint density at radius 3 is 1.65 bits per heavy atom. The van der Waals surface area contributed by atoms with E-state index in [0.717, 1.165) is 28.4 Å². The quantitative estimate of drug-likeness (QED) is 0.164. The van der Waals surface area contributed by atoms with Gasteiger partial charge in [-0.15, -0.1) is 22.7 Å². The molecule has 11 aromatic rings. The SMILES string of the molecule is CC(C)(C)c1ccc(N2B3c4sc5cc6c(cc5c4N(c4ccc(C(C)(C)C)cc4-c4ccccc4)c4cc5c(oc7ccccc75)c(c43)-c3cc4c(cc32)sc2cc3c(cc24)C(C)(C)CCC3(C)C)C(C)(C)CCC6(C)C)cc1. The number of hydrogen-bond acceptors (Lipinski definition) is 5. The second-order valence-electron chi connectivity index (χ2n) is 29.0. The molecule has 3 nitrogen and oxygen atoms in total. The summed E-state index contributed by atoms with van der Waals surface area (Å²) in [6.45, 7) is 33.6. The number of thiophene rings is 2. The third kappa shape index (κ3) is 7.22. The van der Waals surface area contributed by atoms with Crippen LogP contribution in [0.1, 0.15) is 156 Å². The highest BCUT2D eigenvalue weighted by Crippen LogP contribution is 2.58. The van der Waals surface area contributed by atoms with Gasteiger partial charge in [0.2, 0.25) is 0 Å². The van der Waals surface area contributed by atoms with E-state index in [2.05, 4.69) is 246 Å². The third-order valence-electron chi connectivity index (χ3n) is 19.9. The van der Waals surface area contributed by atoms with Crippen LogP contribution in [0, 0.1) is 0 Å². The number of fused-ring (bicyclic) bond motifs is 15. The van der Waals surface area contributed by atoms with Crippen molar-refractivity contribution in [2.24, 2.45) is 0 Å². The summed E-state index contributed by atoms with van der Waals surface area (Å²) in [6, 6.07) is 55.0. The lowest BCUT2D eigenvalue weighted by Gasteiger charge is -2.45. The number of anilines is 5. The monoisotopic (exact) mass is 1080 g/mol. The summed E-state index contributed by atoms with van der Waals surface area (Å²) in [7, 11) is 0. The molecule has 0 saturated heterocycles. The van der Waals surface area contributed by atoms with Gasteiger partial charge < -0.3 is 14.1 Å². The van der Waals surface area contributed by atoms with Crippen molar-refractivity contribution >= 4 is 120 Å². The fourth-order valence-corrected chi connectivity index (χ4v) is 17.2. The summed E-state index contributed by atoms with van der Waals surface area (Å²) < 4.78 is 12.8. The lowest BCUT2D eigenvalue weighted by Crippen LogP contribution is -2.60. The fourth-order valence-electron chi connectivity index (χ4n) is 14.8. The maximum absolute atomic E-state index is 7.40. The highest BCUT2D eigenvalue weighted by Gasteiger charge is 2.50. The maximum Gasteiger partial charge on any atom is 0.343 e. The normalized spacial score (nSPS) is 17.8. The van der Waals surface area contributed by atoms with Crippen LogP contribution in [0.15, 0.2) is 144 Å². The smallest absolute Gasteiger partial charge is 0.343 e. The molecule has 0 bridgehead atoms. The molecule has 4 aliphatic rings. The molecule has 2 aliphatic carbocycles. The number of para-hydroxylation sites is 1. The van der Waals surface area contributed by atoms with Crippen molar-refractivity contribution in [3.63, 3.8) is 0 Å². The van der Waals surface area contributed by atoms with Gasteiger partial charge in [0.1, 0.15) is 11.2 Å². The molecule has 0 spiro atoms. The van der Waals surface area contributed by atoms with Crippen LogP contribution in [-0.4, -0.2) is 6.85 Å². The predicted molar refractivity (Wildman–Crippen MR) is 349 cm³/mol.